The Morgan fingerprint density at radius 3 is 2.73 bits per heavy atom. The Kier molecular flexibility index (Phi) is 6.41. The lowest BCUT2D eigenvalue weighted by Gasteiger charge is -2.42. The van der Waals surface area contributed by atoms with Crippen molar-refractivity contribution in [2.45, 2.75) is 44.8 Å². The van der Waals surface area contributed by atoms with E-state index in [-0.39, 0.29) is 6.79 Å². The Labute approximate surface area is 178 Å². The van der Waals surface area contributed by atoms with Crippen LogP contribution in [0.2, 0.25) is 0 Å². The number of benzene rings is 2. The van der Waals surface area contributed by atoms with Gasteiger partial charge in [0.1, 0.15) is 0 Å². The number of likely N-dealkylation sites (tertiary alicyclic amines) is 1. The monoisotopic (exact) mass is 406 g/mol. The van der Waals surface area contributed by atoms with Crippen LogP contribution in [-0.4, -0.2) is 43.4 Å². The first-order valence-electron chi connectivity index (χ1n) is 10.8. The summed E-state index contributed by atoms with van der Waals surface area (Å²) in [5.41, 5.74) is 8.74. The van der Waals surface area contributed by atoms with Gasteiger partial charge in [-0.25, -0.2) is 0 Å². The molecule has 0 saturated carbocycles. The van der Waals surface area contributed by atoms with Crippen LogP contribution in [0.25, 0.3) is 0 Å². The van der Waals surface area contributed by atoms with E-state index >= 15 is 0 Å². The highest BCUT2D eigenvalue weighted by molar-refractivity contribution is 5.58. The van der Waals surface area contributed by atoms with Crippen LogP contribution in [0, 0.1) is 11.3 Å². The second kappa shape index (κ2) is 9.38. The molecule has 1 atom stereocenters. The molecule has 2 aromatic rings. The van der Waals surface area contributed by atoms with Crippen molar-refractivity contribution in [2.75, 3.05) is 31.3 Å². The van der Waals surface area contributed by atoms with E-state index in [1.165, 1.54) is 0 Å². The molecular formula is C24H30N4O2. The van der Waals surface area contributed by atoms with Gasteiger partial charge in [-0.05, 0) is 62.6 Å². The van der Waals surface area contributed by atoms with Crippen LogP contribution in [-0.2, 0) is 6.54 Å². The summed E-state index contributed by atoms with van der Waals surface area (Å²) in [6.45, 7) is 6.20. The fourth-order valence-electron chi connectivity index (χ4n) is 4.49. The van der Waals surface area contributed by atoms with Gasteiger partial charge in [-0.15, -0.1) is 0 Å². The van der Waals surface area contributed by atoms with Gasteiger partial charge in [0.25, 0.3) is 0 Å². The quantitative estimate of drug-likeness (QED) is 0.759. The van der Waals surface area contributed by atoms with Crippen LogP contribution < -0.4 is 20.1 Å². The second-order valence-corrected chi connectivity index (χ2v) is 8.17. The topological polar surface area (TPSA) is 74.8 Å². The van der Waals surface area contributed by atoms with E-state index in [1.54, 1.807) is 0 Å². The molecule has 0 spiro atoms. The minimum absolute atomic E-state index is 0.278. The SMILES string of the molecule is CC(CCN)N1CCC(N(Cc2cccc(C#N)c2)c2ccc3c(c2)OCO3)CC1. The lowest BCUT2D eigenvalue weighted by Crippen LogP contribution is -2.47. The molecule has 1 unspecified atom stereocenters. The Balaban J connectivity index is 1.55. The van der Waals surface area contributed by atoms with Gasteiger partial charge in [0.15, 0.2) is 11.5 Å². The van der Waals surface area contributed by atoms with E-state index in [0.717, 1.165) is 68.2 Å². The molecular weight excluding hydrogens is 376 g/mol. The number of hydrogen-bond donors (Lipinski definition) is 1. The predicted octanol–water partition coefficient (Wildman–Crippen LogP) is 3.50. The van der Waals surface area contributed by atoms with Crippen LogP contribution in [0.1, 0.15) is 37.3 Å². The normalized spacial score (nSPS) is 17.5. The summed E-state index contributed by atoms with van der Waals surface area (Å²) in [5.74, 6) is 1.60. The summed E-state index contributed by atoms with van der Waals surface area (Å²) in [6, 6.07) is 17.3. The number of nitrogens with zero attached hydrogens (tertiary/aromatic N) is 3. The molecule has 2 N–H and O–H groups in total. The highest BCUT2D eigenvalue weighted by atomic mass is 16.7. The molecule has 6 heteroatoms. The van der Waals surface area contributed by atoms with Gasteiger partial charge in [-0.1, -0.05) is 12.1 Å². The van der Waals surface area contributed by atoms with Crippen molar-refractivity contribution in [3.63, 3.8) is 0 Å². The first-order chi connectivity index (χ1) is 14.7. The van der Waals surface area contributed by atoms with Gasteiger partial charge in [-0.2, -0.15) is 5.26 Å². The molecule has 1 saturated heterocycles. The number of ether oxygens (including phenoxy) is 2. The number of anilines is 1. The number of fused-ring (bicyclic) bond motifs is 1. The maximum absolute atomic E-state index is 9.28. The van der Waals surface area contributed by atoms with E-state index in [2.05, 4.69) is 41.0 Å². The second-order valence-electron chi connectivity index (χ2n) is 8.17. The maximum Gasteiger partial charge on any atom is 0.231 e. The van der Waals surface area contributed by atoms with Crippen molar-refractivity contribution < 1.29 is 9.47 Å². The van der Waals surface area contributed by atoms with Gasteiger partial charge in [0.05, 0.1) is 11.6 Å². The standard InChI is InChI=1S/C24H30N4O2/c1-18(7-10-25)27-11-8-21(9-12-27)28(16-20-4-2-3-19(13-20)15-26)22-5-6-23-24(14-22)30-17-29-23/h2-6,13-14,18,21H,7-12,16-17,25H2,1H3. The van der Waals surface area contributed by atoms with Crippen LogP contribution in [0.15, 0.2) is 42.5 Å². The molecule has 0 aromatic heterocycles. The molecule has 0 radical (unpaired) electrons. The summed E-state index contributed by atoms with van der Waals surface area (Å²) in [4.78, 5) is 5.01. The molecule has 0 aliphatic carbocycles. The van der Waals surface area contributed by atoms with Gasteiger partial charge in [-0.3, -0.25) is 0 Å². The zero-order valence-corrected chi connectivity index (χ0v) is 17.6. The molecule has 6 nitrogen and oxygen atoms in total. The highest BCUT2D eigenvalue weighted by Gasteiger charge is 2.28. The van der Waals surface area contributed by atoms with Crippen molar-refractivity contribution in [1.29, 1.82) is 5.26 Å². The van der Waals surface area contributed by atoms with Crippen molar-refractivity contribution >= 4 is 5.69 Å². The van der Waals surface area contributed by atoms with Gasteiger partial charge < -0.3 is 25.0 Å². The molecule has 30 heavy (non-hydrogen) atoms. The fraction of sp³-hybridized carbons (Fsp3) is 0.458. The Hall–Kier alpha value is -2.75. The van der Waals surface area contributed by atoms with E-state index < -0.39 is 0 Å². The van der Waals surface area contributed by atoms with Crippen LogP contribution in [0.5, 0.6) is 11.5 Å². The largest absolute Gasteiger partial charge is 0.454 e. The molecule has 0 bridgehead atoms. The Bertz CT molecular complexity index is 902. The number of rotatable bonds is 7. The zero-order valence-electron chi connectivity index (χ0n) is 17.6. The highest BCUT2D eigenvalue weighted by Crippen LogP contribution is 2.37. The average Bonchev–Trinajstić information content (AvgIpc) is 3.26. The summed E-state index contributed by atoms with van der Waals surface area (Å²) in [6.07, 6.45) is 3.24. The van der Waals surface area contributed by atoms with E-state index in [4.69, 9.17) is 15.2 Å². The number of nitriles is 1. The summed E-state index contributed by atoms with van der Waals surface area (Å²) < 4.78 is 11.1. The average molecular weight is 407 g/mol. The number of nitrogens with two attached hydrogens (primary N) is 1. The molecule has 2 aromatic carbocycles. The lowest BCUT2D eigenvalue weighted by atomic mass is 9.99. The number of hydrogen-bond acceptors (Lipinski definition) is 6. The molecule has 2 aliphatic heterocycles. The van der Waals surface area contributed by atoms with E-state index in [9.17, 15) is 5.26 Å². The van der Waals surface area contributed by atoms with E-state index in [0.29, 0.717) is 17.6 Å². The zero-order chi connectivity index (χ0) is 20.9. The maximum atomic E-state index is 9.28. The fourth-order valence-corrected chi connectivity index (χ4v) is 4.49. The third kappa shape index (κ3) is 4.53. The van der Waals surface area contributed by atoms with Crippen LogP contribution in [0.3, 0.4) is 0 Å². The third-order valence-corrected chi connectivity index (χ3v) is 6.24. The minimum atomic E-state index is 0.278. The van der Waals surface area contributed by atoms with Crippen molar-refractivity contribution in [3.05, 3.63) is 53.6 Å². The van der Waals surface area contributed by atoms with Gasteiger partial charge in [0.2, 0.25) is 6.79 Å². The van der Waals surface area contributed by atoms with Crippen molar-refractivity contribution in [3.8, 4) is 17.6 Å². The lowest BCUT2D eigenvalue weighted by molar-refractivity contribution is 0.154. The Morgan fingerprint density at radius 1 is 1.17 bits per heavy atom. The molecule has 0 amide bonds. The van der Waals surface area contributed by atoms with Gasteiger partial charge in [0, 0.05) is 43.5 Å². The molecule has 2 heterocycles. The summed E-state index contributed by atoms with van der Waals surface area (Å²) in [5, 5.41) is 9.28. The summed E-state index contributed by atoms with van der Waals surface area (Å²) >= 11 is 0. The van der Waals surface area contributed by atoms with Crippen LogP contribution in [0.4, 0.5) is 5.69 Å². The van der Waals surface area contributed by atoms with Gasteiger partial charge >= 0.3 is 0 Å². The minimum Gasteiger partial charge on any atom is -0.454 e. The van der Waals surface area contributed by atoms with E-state index in [1.807, 2.05) is 24.3 Å². The molecule has 158 valence electrons. The third-order valence-electron chi connectivity index (χ3n) is 6.24. The summed E-state index contributed by atoms with van der Waals surface area (Å²) in [7, 11) is 0. The molecule has 2 aliphatic rings. The van der Waals surface area contributed by atoms with Crippen molar-refractivity contribution in [1.82, 2.24) is 4.90 Å². The first-order valence-corrected chi connectivity index (χ1v) is 10.8. The molecule has 4 rings (SSSR count). The predicted molar refractivity (Wildman–Crippen MR) is 118 cm³/mol. The smallest absolute Gasteiger partial charge is 0.231 e. The first kappa shape index (κ1) is 20.5. The Morgan fingerprint density at radius 2 is 1.97 bits per heavy atom. The van der Waals surface area contributed by atoms with Crippen molar-refractivity contribution in [2.24, 2.45) is 5.73 Å². The number of piperidine rings is 1. The van der Waals surface area contributed by atoms with Crippen LogP contribution >= 0.6 is 0 Å². The molecule has 1 fully saturated rings.